The number of likely N-dealkylation sites (tertiary alicyclic amines) is 1. The molecule has 10 nitrogen and oxygen atoms in total. The zero-order chi connectivity index (χ0) is 31.7. The van der Waals surface area contributed by atoms with Crippen LogP contribution in [0.4, 0.5) is 30.6 Å². The van der Waals surface area contributed by atoms with Gasteiger partial charge in [0.2, 0.25) is 0 Å². The highest BCUT2D eigenvalue weighted by Gasteiger charge is 2.26. The maximum atomic E-state index is 13.9. The van der Waals surface area contributed by atoms with Gasteiger partial charge in [-0.05, 0) is 66.9 Å². The number of aromatic nitrogens is 4. The number of fused-ring (bicyclic) bond motifs is 1. The molecule has 0 bridgehead atoms. The largest absolute Gasteiger partial charge is 0.465 e. The standard InChI is InChI=1S/C31H24Cl2F2N8O2/c32-24-12-19(5-6-26(24)35)37-27-14-21(15-36)39-30-23(27)11-20(13-25(30)33)38-29(17-1-3-18(34)4-2-17)28-16-43(41-40-28)22-7-9-42(10-8-22)31(44)45/h1-6,11-14,16,22,29,38H,7-10H2,(H,37,39)(H,44,45)/t29-/m0/s1. The van der Waals surface area contributed by atoms with Gasteiger partial charge in [0.1, 0.15) is 29.1 Å². The van der Waals surface area contributed by atoms with Gasteiger partial charge in [0.05, 0.1) is 39.5 Å². The van der Waals surface area contributed by atoms with Crippen LogP contribution in [0.15, 0.2) is 66.9 Å². The Morgan fingerprint density at radius 1 is 1.02 bits per heavy atom. The third-order valence-electron chi connectivity index (χ3n) is 7.63. The first-order valence-electron chi connectivity index (χ1n) is 13.9. The zero-order valence-corrected chi connectivity index (χ0v) is 24.9. The number of nitrogens with zero attached hydrogens (tertiary/aromatic N) is 6. The number of nitrogens with one attached hydrogen (secondary N) is 2. The molecule has 5 aromatic rings. The summed E-state index contributed by atoms with van der Waals surface area (Å²) < 4.78 is 29.4. The quantitative estimate of drug-likeness (QED) is 0.165. The summed E-state index contributed by atoms with van der Waals surface area (Å²) >= 11 is 12.7. The molecule has 2 aromatic heterocycles. The second-order valence-electron chi connectivity index (χ2n) is 10.5. The van der Waals surface area contributed by atoms with Crippen molar-refractivity contribution in [2.24, 2.45) is 0 Å². The summed E-state index contributed by atoms with van der Waals surface area (Å²) in [5.41, 5.74) is 3.29. The van der Waals surface area contributed by atoms with E-state index in [4.69, 9.17) is 23.2 Å². The molecule has 3 heterocycles. The molecule has 1 aliphatic rings. The van der Waals surface area contributed by atoms with Crippen molar-refractivity contribution in [3.8, 4) is 6.07 Å². The number of carbonyl (C=O) groups is 1. The Balaban J connectivity index is 1.36. The van der Waals surface area contributed by atoms with Gasteiger partial charge in [-0.3, -0.25) is 0 Å². The van der Waals surface area contributed by atoms with Crippen molar-refractivity contribution in [1.29, 1.82) is 5.26 Å². The highest BCUT2D eigenvalue weighted by Crippen LogP contribution is 2.36. The first-order chi connectivity index (χ1) is 21.7. The molecule has 45 heavy (non-hydrogen) atoms. The number of pyridine rings is 1. The predicted molar refractivity (Wildman–Crippen MR) is 166 cm³/mol. The van der Waals surface area contributed by atoms with Crippen molar-refractivity contribution in [2.45, 2.75) is 24.9 Å². The Hall–Kier alpha value is -4.99. The van der Waals surface area contributed by atoms with Crippen LogP contribution in [0.5, 0.6) is 0 Å². The number of hydrogen-bond acceptors (Lipinski definition) is 7. The summed E-state index contributed by atoms with van der Waals surface area (Å²) in [6, 6.07) is 16.6. The van der Waals surface area contributed by atoms with E-state index in [1.54, 1.807) is 41.2 Å². The van der Waals surface area contributed by atoms with Crippen LogP contribution in [-0.2, 0) is 0 Å². The topological polar surface area (TPSA) is 132 Å². The van der Waals surface area contributed by atoms with Crippen molar-refractivity contribution in [3.05, 3.63) is 105 Å². The highest BCUT2D eigenvalue weighted by atomic mass is 35.5. The minimum Gasteiger partial charge on any atom is -0.465 e. The lowest BCUT2D eigenvalue weighted by Gasteiger charge is -2.29. The molecule has 6 rings (SSSR count). The molecule has 14 heteroatoms. The van der Waals surface area contributed by atoms with E-state index in [1.807, 2.05) is 6.07 Å². The molecule has 1 fully saturated rings. The molecule has 0 spiro atoms. The summed E-state index contributed by atoms with van der Waals surface area (Å²) in [5.74, 6) is -0.959. The van der Waals surface area contributed by atoms with E-state index in [9.17, 15) is 23.9 Å². The first kappa shape index (κ1) is 30.1. The molecule has 0 saturated carbocycles. The fraction of sp³-hybridized carbons (Fsp3) is 0.194. The monoisotopic (exact) mass is 648 g/mol. The molecule has 0 aliphatic carbocycles. The number of carboxylic acid groups (broad SMARTS) is 1. The van der Waals surface area contributed by atoms with Gasteiger partial charge in [-0.15, -0.1) is 5.10 Å². The number of anilines is 3. The second-order valence-corrected chi connectivity index (χ2v) is 11.3. The zero-order valence-electron chi connectivity index (χ0n) is 23.4. The molecule has 3 aromatic carbocycles. The fourth-order valence-electron chi connectivity index (χ4n) is 5.33. The Labute approximate surface area is 265 Å². The lowest BCUT2D eigenvalue weighted by atomic mass is 10.0. The van der Waals surface area contributed by atoms with Gasteiger partial charge in [-0.25, -0.2) is 23.2 Å². The van der Waals surface area contributed by atoms with Gasteiger partial charge in [-0.1, -0.05) is 40.5 Å². The second kappa shape index (κ2) is 12.6. The SMILES string of the molecule is N#Cc1cc(Nc2ccc(F)c(Cl)c2)c2cc(N[C@@H](c3ccc(F)cc3)c3cn(C4CCN(C(=O)O)CC4)nn3)cc(Cl)c2n1. The van der Waals surface area contributed by atoms with Crippen LogP contribution in [0.2, 0.25) is 10.0 Å². The number of rotatable bonds is 7. The summed E-state index contributed by atoms with van der Waals surface area (Å²) in [6.45, 7) is 0.791. The molecule has 228 valence electrons. The Morgan fingerprint density at radius 2 is 1.76 bits per heavy atom. The van der Waals surface area contributed by atoms with Crippen LogP contribution in [0.25, 0.3) is 10.9 Å². The average Bonchev–Trinajstić information content (AvgIpc) is 3.52. The van der Waals surface area contributed by atoms with E-state index in [0.717, 1.165) is 0 Å². The van der Waals surface area contributed by atoms with E-state index in [2.05, 4.69) is 25.9 Å². The number of benzene rings is 3. The van der Waals surface area contributed by atoms with Gasteiger partial charge >= 0.3 is 6.09 Å². The van der Waals surface area contributed by atoms with Gasteiger partial charge in [-0.2, -0.15) is 5.26 Å². The minimum absolute atomic E-state index is 0.0279. The van der Waals surface area contributed by atoms with E-state index in [1.165, 1.54) is 35.2 Å². The number of piperidine rings is 1. The Kier molecular flexibility index (Phi) is 8.38. The molecule has 1 aliphatic heterocycles. The van der Waals surface area contributed by atoms with Crippen molar-refractivity contribution < 1.29 is 18.7 Å². The normalized spacial score (nSPS) is 14.2. The van der Waals surface area contributed by atoms with E-state index in [-0.39, 0.29) is 21.8 Å². The van der Waals surface area contributed by atoms with Crippen molar-refractivity contribution in [1.82, 2.24) is 24.9 Å². The van der Waals surface area contributed by atoms with E-state index in [0.29, 0.717) is 65.2 Å². The van der Waals surface area contributed by atoms with Crippen molar-refractivity contribution >= 4 is 57.3 Å². The lowest BCUT2D eigenvalue weighted by molar-refractivity contribution is 0.123. The van der Waals surface area contributed by atoms with Crippen molar-refractivity contribution in [3.63, 3.8) is 0 Å². The predicted octanol–water partition coefficient (Wildman–Crippen LogP) is 7.54. The summed E-state index contributed by atoms with van der Waals surface area (Å²) in [4.78, 5) is 17.1. The van der Waals surface area contributed by atoms with Crippen LogP contribution in [0, 0.1) is 23.0 Å². The third-order valence-corrected chi connectivity index (χ3v) is 8.21. The number of halogens is 4. The van der Waals surface area contributed by atoms with Crippen LogP contribution in [0.3, 0.4) is 0 Å². The number of hydrogen-bond donors (Lipinski definition) is 3. The Bertz CT molecular complexity index is 1940. The summed E-state index contributed by atoms with van der Waals surface area (Å²) in [5, 5.41) is 35.0. The third kappa shape index (κ3) is 6.45. The smallest absolute Gasteiger partial charge is 0.407 e. The highest BCUT2D eigenvalue weighted by molar-refractivity contribution is 6.36. The van der Waals surface area contributed by atoms with E-state index < -0.39 is 23.8 Å². The molecule has 3 N–H and O–H groups in total. The molecular formula is C31H24Cl2F2N8O2. The summed E-state index contributed by atoms with van der Waals surface area (Å²) in [6.07, 6.45) is 2.05. The average molecular weight is 649 g/mol. The maximum Gasteiger partial charge on any atom is 0.407 e. The first-order valence-corrected chi connectivity index (χ1v) is 14.6. The maximum absolute atomic E-state index is 13.9. The minimum atomic E-state index is -0.943. The summed E-state index contributed by atoms with van der Waals surface area (Å²) in [7, 11) is 0. The van der Waals surface area contributed by atoms with Gasteiger partial charge in [0.25, 0.3) is 0 Å². The molecule has 1 atom stereocenters. The molecule has 1 amide bonds. The van der Waals surface area contributed by atoms with Gasteiger partial charge in [0, 0.05) is 29.9 Å². The number of amides is 1. The fourth-order valence-corrected chi connectivity index (χ4v) is 5.77. The lowest BCUT2D eigenvalue weighted by Crippen LogP contribution is -2.38. The van der Waals surface area contributed by atoms with Gasteiger partial charge < -0.3 is 20.6 Å². The Morgan fingerprint density at radius 3 is 2.44 bits per heavy atom. The number of nitriles is 1. The molecular weight excluding hydrogens is 625 g/mol. The molecule has 0 radical (unpaired) electrons. The van der Waals surface area contributed by atoms with Gasteiger partial charge in [0.15, 0.2) is 0 Å². The molecule has 0 unspecified atom stereocenters. The van der Waals surface area contributed by atoms with Crippen LogP contribution < -0.4 is 10.6 Å². The molecule has 1 saturated heterocycles. The van der Waals surface area contributed by atoms with Crippen molar-refractivity contribution in [2.75, 3.05) is 23.7 Å². The van der Waals surface area contributed by atoms with E-state index >= 15 is 0 Å². The van der Waals surface area contributed by atoms with Crippen LogP contribution >= 0.6 is 23.2 Å². The van der Waals surface area contributed by atoms with Crippen LogP contribution in [-0.4, -0.2) is 49.2 Å². The van der Waals surface area contributed by atoms with Crippen LogP contribution in [0.1, 0.15) is 41.9 Å².